The van der Waals surface area contributed by atoms with Crippen LogP contribution in [0.3, 0.4) is 0 Å². The zero-order valence-corrected chi connectivity index (χ0v) is 19.6. The highest BCUT2D eigenvalue weighted by molar-refractivity contribution is 7.20. The lowest BCUT2D eigenvalue weighted by atomic mass is 10.2. The summed E-state index contributed by atoms with van der Waals surface area (Å²) in [6, 6.07) is 14.0. The number of nitrogens with one attached hydrogen (secondary N) is 1. The van der Waals surface area contributed by atoms with Gasteiger partial charge in [0.2, 0.25) is 0 Å². The maximum absolute atomic E-state index is 12.6. The Morgan fingerprint density at radius 2 is 1.85 bits per heavy atom. The highest BCUT2D eigenvalue weighted by Gasteiger charge is 2.19. The predicted molar refractivity (Wildman–Crippen MR) is 127 cm³/mol. The summed E-state index contributed by atoms with van der Waals surface area (Å²) >= 11 is 7.22. The number of amides is 1. The third kappa shape index (κ3) is 4.79. The van der Waals surface area contributed by atoms with Gasteiger partial charge in [0.05, 0.1) is 31.3 Å². The van der Waals surface area contributed by atoms with Crippen molar-refractivity contribution in [2.75, 3.05) is 26.1 Å². The number of rotatable bonds is 7. The molecule has 8 nitrogen and oxygen atoms in total. The number of ether oxygens (including phenoxy) is 3. The van der Waals surface area contributed by atoms with Gasteiger partial charge in [0, 0.05) is 16.5 Å². The first kappa shape index (κ1) is 22.6. The van der Waals surface area contributed by atoms with E-state index in [1.807, 2.05) is 19.1 Å². The van der Waals surface area contributed by atoms with E-state index in [9.17, 15) is 9.59 Å². The summed E-state index contributed by atoms with van der Waals surface area (Å²) in [6.45, 7) is 1.42. The van der Waals surface area contributed by atoms with E-state index < -0.39 is 18.5 Å². The molecule has 0 saturated heterocycles. The second kappa shape index (κ2) is 9.51. The van der Waals surface area contributed by atoms with Crippen LogP contribution in [0, 0.1) is 6.92 Å². The molecule has 0 atom stereocenters. The SMILES string of the molecule is COc1ccc(OC)c(NC(=O)COC(=O)c2cc3c(C)nn(-c4ccc(Cl)cc4)c3s2)c1. The van der Waals surface area contributed by atoms with Gasteiger partial charge in [-0.05, 0) is 49.4 Å². The molecular weight excluding hydrogens is 466 g/mol. The summed E-state index contributed by atoms with van der Waals surface area (Å²) in [5.74, 6) is -0.0776. The Kier molecular flexibility index (Phi) is 6.52. The Bertz CT molecular complexity index is 1330. The minimum Gasteiger partial charge on any atom is -0.497 e. The number of hydrogen-bond donors (Lipinski definition) is 1. The number of hydrogen-bond acceptors (Lipinski definition) is 7. The molecule has 0 aliphatic rings. The largest absolute Gasteiger partial charge is 0.497 e. The molecule has 2 heterocycles. The lowest BCUT2D eigenvalue weighted by Crippen LogP contribution is -2.21. The van der Waals surface area contributed by atoms with Crippen LogP contribution in [-0.4, -0.2) is 42.5 Å². The smallest absolute Gasteiger partial charge is 0.348 e. The number of methoxy groups -OCH3 is 2. The van der Waals surface area contributed by atoms with Crippen LogP contribution in [0.25, 0.3) is 15.9 Å². The third-order valence-corrected chi connectivity index (χ3v) is 6.17. The lowest BCUT2D eigenvalue weighted by Gasteiger charge is -2.11. The zero-order chi connectivity index (χ0) is 23.5. The van der Waals surface area contributed by atoms with E-state index in [1.54, 1.807) is 41.1 Å². The number of thiophene rings is 1. The van der Waals surface area contributed by atoms with Crippen LogP contribution in [0.5, 0.6) is 11.5 Å². The molecule has 0 unspecified atom stereocenters. The molecule has 0 saturated carbocycles. The van der Waals surface area contributed by atoms with E-state index in [0.717, 1.165) is 21.6 Å². The van der Waals surface area contributed by atoms with Crippen LogP contribution in [-0.2, 0) is 9.53 Å². The monoisotopic (exact) mass is 485 g/mol. The molecule has 0 aliphatic heterocycles. The van der Waals surface area contributed by atoms with Crippen molar-refractivity contribution in [3.8, 4) is 17.2 Å². The molecular formula is C23H20ClN3O5S. The number of carbonyl (C=O) groups excluding carboxylic acids is 2. The van der Waals surface area contributed by atoms with Crippen LogP contribution in [0.2, 0.25) is 5.02 Å². The van der Waals surface area contributed by atoms with Gasteiger partial charge in [-0.2, -0.15) is 5.10 Å². The van der Waals surface area contributed by atoms with Crippen molar-refractivity contribution in [3.63, 3.8) is 0 Å². The van der Waals surface area contributed by atoms with Crippen LogP contribution in [0.1, 0.15) is 15.4 Å². The van der Waals surface area contributed by atoms with Crippen molar-refractivity contribution in [2.45, 2.75) is 6.92 Å². The standard InChI is InChI=1S/C23H20ClN3O5S/c1-13-17-11-20(33-22(17)27(26-13)15-6-4-14(24)5-7-15)23(29)32-12-21(28)25-18-10-16(30-2)8-9-19(18)31-3/h4-11H,12H2,1-3H3,(H,25,28). The Hall–Kier alpha value is -3.56. The van der Waals surface area contributed by atoms with Crippen molar-refractivity contribution in [1.82, 2.24) is 9.78 Å². The molecule has 1 amide bonds. The first-order valence-corrected chi connectivity index (χ1v) is 11.0. The molecule has 170 valence electrons. The molecule has 0 spiro atoms. The van der Waals surface area contributed by atoms with Gasteiger partial charge in [0.25, 0.3) is 5.91 Å². The number of fused-ring (bicyclic) bond motifs is 1. The Labute approximate surface area is 198 Å². The van der Waals surface area contributed by atoms with Gasteiger partial charge >= 0.3 is 5.97 Å². The molecule has 4 aromatic rings. The van der Waals surface area contributed by atoms with Crippen LogP contribution in [0.15, 0.2) is 48.5 Å². The van der Waals surface area contributed by atoms with E-state index in [1.165, 1.54) is 25.6 Å². The second-order valence-corrected chi connectivity index (χ2v) is 8.46. The Morgan fingerprint density at radius 1 is 1.09 bits per heavy atom. The van der Waals surface area contributed by atoms with Crippen LogP contribution in [0.4, 0.5) is 5.69 Å². The maximum atomic E-state index is 12.6. The van der Waals surface area contributed by atoms with Crippen LogP contribution < -0.4 is 14.8 Å². The summed E-state index contributed by atoms with van der Waals surface area (Å²) in [5.41, 5.74) is 2.02. The van der Waals surface area contributed by atoms with Gasteiger partial charge in [0.15, 0.2) is 6.61 Å². The van der Waals surface area contributed by atoms with Gasteiger partial charge in [-0.1, -0.05) is 11.6 Å². The highest BCUT2D eigenvalue weighted by atomic mass is 35.5. The lowest BCUT2D eigenvalue weighted by molar-refractivity contribution is -0.119. The molecule has 0 radical (unpaired) electrons. The number of carbonyl (C=O) groups is 2. The van der Waals surface area contributed by atoms with Gasteiger partial charge in [-0.15, -0.1) is 11.3 Å². The number of aromatic nitrogens is 2. The van der Waals surface area contributed by atoms with Crippen molar-refractivity contribution < 1.29 is 23.8 Å². The average Bonchev–Trinajstić information content (AvgIpc) is 3.38. The molecule has 1 N–H and O–H groups in total. The van der Waals surface area contributed by atoms with Gasteiger partial charge < -0.3 is 19.5 Å². The van der Waals surface area contributed by atoms with E-state index in [-0.39, 0.29) is 0 Å². The molecule has 0 aliphatic carbocycles. The minimum atomic E-state index is -0.592. The van der Waals surface area contributed by atoms with Crippen molar-refractivity contribution in [1.29, 1.82) is 0 Å². The number of esters is 1. The average molecular weight is 486 g/mol. The van der Waals surface area contributed by atoms with E-state index in [0.29, 0.717) is 27.1 Å². The Balaban J connectivity index is 1.47. The van der Waals surface area contributed by atoms with Crippen LogP contribution >= 0.6 is 22.9 Å². The van der Waals surface area contributed by atoms with Crippen molar-refractivity contribution in [3.05, 3.63) is 64.1 Å². The fraction of sp³-hybridized carbons (Fsp3) is 0.174. The highest BCUT2D eigenvalue weighted by Crippen LogP contribution is 2.31. The summed E-state index contributed by atoms with van der Waals surface area (Å²) in [4.78, 5) is 26.1. The number of aryl methyl sites for hydroxylation is 1. The fourth-order valence-corrected chi connectivity index (χ4v) is 4.41. The first-order chi connectivity index (χ1) is 15.9. The topological polar surface area (TPSA) is 91.7 Å². The maximum Gasteiger partial charge on any atom is 0.348 e. The number of anilines is 1. The number of nitrogens with zero attached hydrogens (tertiary/aromatic N) is 2. The van der Waals surface area contributed by atoms with Crippen molar-refractivity contribution >= 4 is 50.7 Å². The Morgan fingerprint density at radius 3 is 2.55 bits per heavy atom. The third-order valence-electron chi connectivity index (χ3n) is 4.83. The van der Waals surface area contributed by atoms with Gasteiger partial charge in [0.1, 0.15) is 21.2 Å². The van der Waals surface area contributed by atoms with Gasteiger partial charge in [-0.3, -0.25) is 4.79 Å². The van der Waals surface area contributed by atoms with Gasteiger partial charge in [-0.25, -0.2) is 9.48 Å². The minimum absolute atomic E-state index is 0.375. The predicted octanol–water partition coefficient (Wildman–Crippen LogP) is 4.86. The molecule has 33 heavy (non-hydrogen) atoms. The van der Waals surface area contributed by atoms with Crippen molar-refractivity contribution in [2.24, 2.45) is 0 Å². The summed E-state index contributed by atoms with van der Waals surface area (Å²) in [5, 5.41) is 8.68. The first-order valence-electron chi connectivity index (χ1n) is 9.83. The normalized spacial score (nSPS) is 10.8. The molecule has 0 bridgehead atoms. The second-order valence-electron chi connectivity index (χ2n) is 6.99. The molecule has 4 rings (SSSR count). The summed E-state index contributed by atoms with van der Waals surface area (Å²) < 4.78 is 17.4. The summed E-state index contributed by atoms with van der Waals surface area (Å²) in [7, 11) is 3.01. The van der Waals surface area contributed by atoms with E-state index >= 15 is 0 Å². The molecule has 2 aromatic heterocycles. The number of benzene rings is 2. The quantitative estimate of drug-likeness (QED) is 0.376. The van der Waals surface area contributed by atoms with E-state index in [4.69, 9.17) is 25.8 Å². The molecule has 0 fully saturated rings. The number of halogens is 1. The zero-order valence-electron chi connectivity index (χ0n) is 18.0. The molecule has 2 aromatic carbocycles. The molecule has 10 heteroatoms. The fourth-order valence-electron chi connectivity index (χ4n) is 3.21. The van der Waals surface area contributed by atoms with E-state index in [2.05, 4.69) is 10.4 Å². The summed E-state index contributed by atoms with van der Waals surface area (Å²) in [6.07, 6.45) is 0.